The van der Waals surface area contributed by atoms with Crippen molar-refractivity contribution in [2.75, 3.05) is 5.73 Å². The molecule has 1 unspecified atom stereocenters. The van der Waals surface area contributed by atoms with Crippen LogP contribution in [0.25, 0.3) is 10.6 Å². The molecule has 3 N–H and O–H groups in total. The van der Waals surface area contributed by atoms with E-state index in [0.717, 1.165) is 22.6 Å². The van der Waals surface area contributed by atoms with Gasteiger partial charge in [0.05, 0.1) is 4.88 Å². The summed E-state index contributed by atoms with van der Waals surface area (Å²) >= 11 is 1.56. The molecule has 0 radical (unpaired) electrons. The number of carbonyl (C=O) groups excluding carboxylic acids is 1. The lowest BCUT2D eigenvalue weighted by Gasteiger charge is -2.13. The standard InChI is InChI=1S/C16H23N3O2S/c1-4-5-6-7-10(2)18-16(20)13-14(19-21-15(13)17)12-9-8-11(3)22-12/h8-10H,4-7,17H2,1-3H3,(H,18,20). The van der Waals surface area contributed by atoms with Gasteiger partial charge in [0.1, 0.15) is 11.3 Å². The molecule has 0 spiro atoms. The zero-order valence-electron chi connectivity index (χ0n) is 13.3. The number of anilines is 1. The van der Waals surface area contributed by atoms with Crippen LogP contribution in [0.1, 0.15) is 54.8 Å². The maximum Gasteiger partial charge on any atom is 0.259 e. The lowest BCUT2D eigenvalue weighted by Crippen LogP contribution is -2.33. The fourth-order valence-corrected chi connectivity index (χ4v) is 3.18. The van der Waals surface area contributed by atoms with Crippen molar-refractivity contribution in [2.24, 2.45) is 0 Å². The third-order valence-electron chi connectivity index (χ3n) is 3.54. The van der Waals surface area contributed by atoms with Crippen LogP contribution in [0.5, 0.6) is 0 Å². The van der Waals surface area contributed by atoms with Crippen LogP contribution in [-0.2, 0) is 0 Å². The molecule has 1 amide bonds. The minimum Gasteiger partial charge on any atom is -0.367 e. The molecule has 0 aliphatic heterocycles. The van der Waals surface area contributed by atoms with Crippen LogP contribution in [0.2, 0.25) is 0 Å². The van der Waals surface area contributed by atoms with Gasteiger partial charge in [-0.15, -0.1) is 11.3 Å². The van der Waals surface area contributed by atoms with Crippen molar-refractivity contribution in [3.8, 4) is 10.6 Å². The second-order valence-corrected chi connectivity index (χ2v) is 6.84. The molecule has 0 saturated heterocycles. The third-order valence-corrected chi connectivity index (χ3v) is 4.54. The lowest BCUT2D eigenvalue weighted by molar-refractivity contribution is 0.0939. The lowest BCUT2D eigenvalue weighted by atomic mass is 10.1. The van der Waals surface area contributed by atoms with E-state index in [1.54, 1.807) is 11.3 Å². The van der Waals surface area contributed by atoms with Crippen LogP contribution in [0.3, 0.4) is 0 Å². The molecule has 120 valence electrons. The minimum absolute atomic E-state index is 0.0688. The van der Waals surface area contributed by atoms with Gasteiger partial charge in [-0.1, -0.05) is 31.3 Å². The Morgan fingerprint density at radius 1 is 1.45 bits per heavy atom. The monoisotopic (exact) mass is 321 g/mol. The maximum atomic E-state index is 12.5. The van der Waals surface area contributed by atoms with Crippen LogP contribution >= 0.6 is 11.3 Å². The van der Waals surface area contributed by atoms with E-state index in [1.807, 2.05) is 26.0 Å². The molecule has 2 heterocycles. The van der Waals surface area contributed by atoms with Gasteiger partial charge < -0.3 is 15.6 Å². The van der Waals surface area contributed by atoms with Crippen LogP contribution in [0, 0.1) is 6.92 Å². The van der Waals surface area contributed by atoms with Gasteiger partial charge in [0, 0.05) is 10.9 Å². The molecule has 0 aromatic carbocycles. The minimum atomic E-state index is -0.219. The first-order valence-corrected chi connectivity index (χ1v) is 8.47. The molecular weight excluding hydrogens is 298 g/mol. The first-order chi connectivity index (χ1) is 10.5. The highest BCUT2D eigenvalue weighted by Crippen LogP contribution is 2.32. The molecule has 0 fully saturated rings. The molecule has 2 aromatic heterocycles. The Bertz CT molecular complexity index is 633. The Labute approximate surface area is 134 Å². The van der Waals surface area contributed by atoms with Gasteiger partial charge in [0.25, 0.3) is 5.91 Å². The zero-order valence-corrected chi connectivity index (χ0v) is 14.1. The number of hydrogen-bond donors (Lipinski definition) is 2. The van der Waals surface area contributed by atoms with E-state index in [4.69, 9.17) is 10.3 Å². The first-order valence-electron chi connectivity index (χ1n) is 7.65. The van der Waals surface area contributed by atoms with Gasteiger partial charge in [-0.25, -0.2) is 0 Å². The number of nitrogens with two attached hydrogens (primary N) is 1. The maximum absolute atomic E-state index is 12.5. The molecule has 0 aliphatic rings. The Kier molecular flexibility index (Phi) is 5.60. The van der Waals surface area contributed by atoms with Crippen molar-refractivity contribution in [1.29, 1.82) is 0 Å². The summed E-state index contributed by atoms with van der Waals surface area (Å²) in [5.41, 5.74) is 6.66. The van der Waals surface area contributed by atoms with E-state index in [0.29, 0.717) is 11.3 Å². The SMILES string of the molecule is CCCCCC(C)NC(=O)c1c(-c2ccc(C)s2)noc1N. The molecule has 6 heteroatoms. The predicted molar refractivity (Wildman–Crippen MR) is 90.0 cm³/mol. The highest BCUT2D eigenvalue weighted by Gasteiger charge is 2.24. The second-order valence-electron chi connectivity index (χ2n) is 5.55. The van der Waals surface area contributed by atoms with Crippen LogP contribution in [0.4, 0.5) is 5.88 Å². The van der Waals surface area contributed by atoms with Gasteiger partial charge in [-0.2, -0.15) is 0 Å². The molecule has 0 saturated carbocycles. The summed E-state index contributed by atoms with van der Waals surface area (Å²) < 4.78 is 5.03. The Hall–Kier alpha value is -1.82. The first kappa shape index (κ1) is 16.5. The number of aromatic nitrogens is 1. The fraction of sp³-hybridized carbons (Fsp3) is 0.500. The molecule has 22 heavy (non-hydrogen) atoms. The van der Waals surface area contributed by atoms with E-state index in [1.165, 1.54) is 12.8 Å². The summed E-state index contributed by atoms with van der Waals surface area (Å²) in [6.07, 6.45) is 4.41. The molecule has 2 rings (SSSR count). The smallest absolute Gasteiger partial charge is 0.259 e. The van der Waals surface area contributed by atoms with E-state index in [9.17, 15) is 4.79 Å². The van der Waals surface area contributed by atoms with Crippen molar-refractivity contribution in [1.82, 2.24) is 10.5 Å². The Balaban J connectivity index is 2.11. The van der Waals surface area contributed by atoms with Gasteiger partial charge in [-0.05, 0) is 32.4 Å². The fourth-order valence-electron chi connectivity index (χ4n) is 2.32. The quantitative estimate of drug-likeness (QED) is 0.755. The van der Waals surface area contributed by atoms with Gasteiger partial charge in [0.2, 0.25) is 5.88 Å². The Morgan fingerprint density at radius 3 is 2.86 bits per heavy atom. The van der Waals surface area contributed by atoms with Gasteiger partial charge in [-0.3, -0.25) is 4.79 Å². The van der Waals surface area contributed by atoms with E-state index in [-0.39, 0.29) is 17.8 Å². The number of aryl methyl sites for hydroxylation is 1. The average Bonchev–Trinajstić information content (AvgIpc) is 3.05. The van der Waals surface area contributed by atoms with Crippen LogP contribution < -0.4 is 11.1 Å². The number of thiophene rings is 1. The van der Waals surface area contributed by atoms with Crippen LogP contribution in [-0.4, -0.2) is 17.1 Å². The van der Waals surface area contributed by atoms with Crippen LogP contribution in [0.15, 0.2) is 16.7 Å². The summed E-state index contributed by atoms with van der Waals surface area (Å²) in [7, 11) is 0. The number of nitrogen functional groups attached to an aromatic ring is 1. The highest BCUT2D eigenvalue weighted by atomic mass is 32.1. The number of hydrogen-bond acceptors (Lipinski definition) is 5. The van der Waals surface area contributed by atoms with Crippen molar-refractivity contribution < 1.29 is 9.32 Å². The summed E-state index contributed by atoms with van der Waals surface area (Å²) in [6.45, 7) is 6.18. The summed E-state index contributed by atoms with van der Waals surface area (Å²) in [6, 6.07) is 4.02. The zero-order chi connectivity index (χ0) is 16.1. The molecule has 2 aromatic rings. The largest absolute Gasteiger partial charge is 0.367 e. The molecule has 1 atom stereocenters. The van der Waals surface area contributed by atoms with Crippen molar-refractivity contribution in [3.63, 3.8) is 0 Å². The second kappa shape index (κ2) is 7.45. The average molecular weight is 321 g/mol. The highest BCUT2D eigenvalue weighted by molar-refractivity contribution is 7.15. The number of amides is 1. The Morgan fingerprint density at radius 2 is 2.23 bits per heavy atom. The molecule has 0 aliphatic carbocycles. The molecule has 0 bridgehead atoms. The van der Waals surface area contributed by atoms with Crippen molar-refractivity contribution in [3.05, 3.63) is 22.6 Å². The number of carbonyl (C=O) groups is 1. The van der Waals surface area contributed by atoms with E-state index in [2.05, 4.69) is 17.4 Å². The number of unbranched alkanes of at least 4 members (excludes halogenated alkanes) is 2. The summed E-state index contributed by atoms with van der Waals surface area (Å²) in [5.74, 6) is -0.150. The number of rotatable bonds is 7. The molecule has 5 nitrogen and oxygen atoms in total. The number of nitrogens with zero attached hydrogens (tertiary/aromatic N) is 1. The van der Waals surface area contributed by atoms with Gasteiger partial charge in [0.15, 0.2) is 0 Å². The topological polar surface area (TPSA) is 81.2 Å². The van der Waals surface area contributed by atoms with E-state index >= 15 is 0 Å². The van der Waals surface area contributed by atoms with E-state index < -0.39 is 0 Å². The molecular formula is C16H23N3O2S. The summed E-state index contributed by atoms with van der Waals surface area (Å²) in [5, 5.41) is 6.94. The normalized spacial score (nSPS) is 12.3. The van der Waals surface area contributed by atoms with Crippen molar-refractivity contribution in [2.45, 2.75) is 52.5 Å². The van der Waals surface area contributed by atoms with Gasteiger partial charge >= 0.3 is 0 Å². The third kappa shape index (κ3) is 3.88. The predicted octanol–water partition coefficient (Wildman–Crippen LogP) is 3.99. The number of nitrogens with one attached hydrogen (secondary N) is 1. The van der Waals surface area contributed by atoms with Crippen molar-refractivity contribution >= 4 is 23.1 Å². The summed E-state index contributed by atoms with van der Waals surface area (Å²) in [4.78, 5) is 14.5.